The van der Waals surface area contributed by atoms with Crippen molar-refractivity contribution in [3.8, 4) is 11.4 Å². The smallest absolute Gasteiger partial charge is 0.324 e. The van der Waals surface area contributed by atoms with E-state index in [-0.39, 0.29) is 17.3 Å². The molecule has 0 fully saturated rings. The van der Waals surface area contributed by atoms with E-state index in [0.717, 1.165) is 9.69 Å². The van der Waals surface area contributed by atoms with Gasteiger partial charge in [0.25, 0.3) is 10.0 Å². The summed E-state index contributed by atoms with van der Waals surface area (Å²) in [6.07, 6.45) is 0. The average molecular weight is 422 g/mol. The lowest BCUT2D eigenvalue weighted by molar-refractivity contribution is -0.114. The number of hydrogen-bond acceptors (Lipinski definition) is 6. The Hall–Kier alpha value is -3.92. The number of nitrogens with one attached hydrogen (secondary N) is 2. The molecule has 9 nitrogen and oxygen atoms in total. The van der Waals surface area contributed by atoms with Crippen LogP contribution in [0.15, 0.2) is 74.9 Å². The van der Waals surface area contributed by atoms with Crippen molar-refractivity contribution in [2.75, 3.05) is 16.2 Å². The second-order valence-corrected chi connectivity index (χ2v) is 8.55. The first-order valence-corrected chi connectivity index (χ1v) is 10.4. The molecule has 4 aromatic rings. The van der Waals surface area contributed by atoms with E-state index in [1.807, 2.05) is 12.1 Å². The van der Waals surface area contributed by atoms with Crippen molar-refractivity contribution in [2.24, 2.45) is 0 Å². The molecule has 3 aromatic carbocycles. The summed E-state index contributed by atoms with van der Waals surface area (Å²) in [4.78, 5) is 26.4. The van der Waals surface area contributed by atoms with E-state index in [1.165, 1.54) is 0 Å². The summed E-state index contributed by atoms with van der Waals surface area (Å²) in [7, 11) is -3.82. The number of aromatic nitrogens is 2. The molecule has 0 radical (unpaired) electrons. The monoisotopic (exact) mass is 422 g/mol. The van der Waals surface area contributed by atoms with Crippen molar-refractivity contribution < 1.29 is 17.7 Å². The minimum absolute atomic E-state index is 0.195. The normalized spacial score (nSPS) is 14.2. The van der Waals surface area contributed by atoms with Crippen LogP contribution in [0.5, 0.6) is 0 Å². The number of carbonyl (C=O) groups is 1. The number of anilines is 2. The van der Waals surface area contributed by atoms with Crippen LogP contribution >= 0.6 is 0 Å². The molecule has 0 saturated carbocycles. The zero-order valence-electron chi connectivity index (χ0n) is 15.3. The minimum Gasteiger partial charge on any atom is -0.324 e. The summed E-state index contributed by atoms with van der Waals surface area (Å²) in [5.74, 6) is -0.970. The standard InChI is InChI=1S/C20H14N4O5S/c25-17(21-14-7-1-6-13(10-14)19-22-20(26)29-23-19)11-24-15-8-2-4-12-5-3-9-16(18(12)15)30(24,27)28/h1-10H,11H2,(H,21,25)(H,22,23,26). The van der Waals surface area contributed by atoms with Gasteiger partial charge in [-0.05, 0) is 29.7 Å². The number of benzene rings is 3. The largest absolute Gasteiger partial charge is 0.439 e. The Bertz CT molecular complexity index is 1470. The van der Waals surface area contributed by atoms with E-state index in [0.29, 0.717) is 22.3 Å². The molecule has 2 N–H and O–H groups in total. The van der Waals surface area contributed by atoms with Crippen LogP contribution in [0, 0.1) is 0 Å². The molecule has 1 aromatic heterocycles. The maximum Gasteiger partial charge on any atom is 0.439 e. The van der Waals surface area contributed by atoms with Gasteiger partial charge in [-0.25, -0.2) is 13.2 Å². The highest BCUT2D eigenvalue weighted by Crippen LogP contribution is 2.41. The molecule has 5 rings (SSSR count). The lowest BCUT2D eigenvalue weighted by Gasteiger charge is -2.18. The molecule has 1 aliphatic rings. The van der Waals surface area contributed by atoms with Crippen LogP contribution in [0.4, 0.5) is 11.4 Å². The third-order valence-corrected chi connectivity index (χ3v) is 6.63. The van der Waals surface area contributed by atoms with Gasteiger partial charge in [-0.3, -0.25) is 18.6 Å². The highest BCUT2D eigenvalue weighted by Gasteiger charge is 2.36. The molecule has 0 aliphatic carbocycles. The molecule has 10 heteroatoms. The minimum atomic E-state index is -3.82. The van der Waals surface area contributed by atoms with Crippen molar-refractivity contribution >= 4 is 38.1 Å². The molecule has 0 atom stereocenters. The quantitative estimate of drug-likeness (QED) is 0.520. The molecule has 30 heavy (non-hydrogen) atoms. The van der Waals surface area contributed by atoms with Crippen LogP contribution < -0.4 is 15.4 Å². The van der Waals surface area contributed by atoms with Gasteiger partial charge in [-0.1, -0.05) is 41.6 Å². The summed E-state index contributed by atoms with van der Waals surface area (Å²) in [6, 6.07) is 16.9. The Morgan fingerprint density at radius 3 is 2.63 bits per heavy atom. The fourth-order valence-electron chi connectivity index (χ4n) is 3.56. The summed E-state index contributed by atoms with van der Waals surface area (Å²) in [5, 5.41) is 7.71. The summed E-state index contributed by atoms with van der Waals surface area (Å²) >= 11 is 0. The first kappa shape index (κ1) is 18.1. The molecular formula is C20H14N4O5S. The number of nitrogens with zero attached hydrogens (tertiary/aromatic N) is 2. The second-order valence-electron chi connectivity index (χ2n) is 6.72. The molecular weight excluding hydrogens is 408 g/mol. The summed E-state index contributed by atoms with van der Waals surface area (Å²) < 4.78 is 31.6. The lowest BCUT2D eigenvalue weighted by atomic mass is 10.1. The van der Waals surface area contributed by atoms with Crippen molar-refractivity contribution in [1.82, 2.24) is 10.1 Å². The summed E-state index contributed by atoms with van der Waals surface area (Å²) in [6.45, 7) is -0.374. The first-order chi connectivity index (χ1) is 14.4. The van der Waals surface area contributed by atoms with Gasteiger partial charge in [0.05, 0.1) is 10.6 Å². The van der Waals surface area contributed by atoms with E-state index in [1.54, 1.807) is 48.5 Å². The van der Waals surface area contributed by atoms with Crippen LogP contribution in [0.2, 0.25) is 0 Å². The third kappa shape index (κ3) is 2.85. The fourth-order valence-corrected chi connectivity index (χ4v) is 5.22. The van der Waals surface area contributed by atoms with Crippen molar-refractivity contribution in [2.45, 2.75) is 4.90 Å². The lowest BCUT2D eigenvalue weighted by Crippen LogP contribution is -2.35. The van der Waals surface area contributed by atoms with Gasteiger partial charge in [0.1, 0.15) is 6.54 Å². The number of hydrogen-bond donors (Lipinski definition) is 2. The predicted octanol–water partition coefficient (Wildman–Crippen LogP) is 2.33. The number of aromatic amines is 1. The summed E-state index contributed by atoms with van der Waals surface area (Å²) in [5.41, 5.74) is 1.44. The van der Waals surface area contributed by atoms with Crippen LogP contribution in [-0.2, 0) is 14.8 Å². The number of sulfonamides is 1. The predicted molar refractivity (Wildman–Crippen MR) is 110 cm³/mol. The Morgan fingerprint density at radius 2 is 1.87 bits per heavy atom. The Kier molecular flexibility index (Phi) is 3.97. The van der Waals surface area contributed by atoms with Gasteiger partial charge < -0.3 is 5.32 Å². The molecule has 1 aliphatic heterocycles. The highest BCUT2D eigenvalue weighted by atomic mass is 32.2. The van der Waals surface area contributed by atoms with Crippen LogP contribution in [-0.4, -0.2) is 31.0 Å². The fraction of sp³-hybridized carbons (Fsp3) is 0.0500. The van der Waals surface area contributed by atoms with Gasteiger partial charge >= 0.3 is 5.76 Å². The molecule has 0 saturated heterocycles. The molecule has 0 unspecified atom stereocenters. The van der Waals surface area contributed by atoms with Crippen molar-refractivity contribution in [1.29, 1.82) is 0 Å². The SMILES string of the molecule is O=C(CN1c2cccc3cccc(c23)S1(=O)=O)Nc1cccc(-c2noc(=O)[nH]2)c1. The molecule has 0 spiro atoms. The highest BCUT2D eigenvalue weighted by molar-refractivity contribution is 7.93. The number of amides is 1. The van der Waals surface area contributed by atoms with Gasteiger partial charge in [0.15, 0.2) is 5.82 Å². The second kappa shape index (κ2) is 6.56. The Morgan fingerprint density at radius 1 is 1.10 bits per heavy atom. The average Bonchev–Trinajstić information content (AvgIpc) is 3.25. The third-order valence-electron chi connectivity index (χ3n) is 4.83. The van der Waals surface area contributed by atoms with Crippen LogP contribution in [0.25, 0.3) is 22.2 Å². The maximum absolute atomic E-state index is 13.0. The van der Waals surface area contributed by atoms with Crippen LogP contribution in [0.1, 0.15) is 0 Å². The Balaban J connectivity index is 1.42. The molecule has 150 valence electrons. The zero-order valence-corrected chi connectivity index (χ0v) is 16.1. The van der Waals surface area contributed by atoms with Gasteiger partial charge in [0, 0.05) is 16.6 Å². The van der Waals surface area contributed by atoms with Gasteiger partial charge in [-0.15, -0.1) is 0 Å². The van der Waals surface area contributed by atoms with Gasteiger partial charge in [0.2, 0.25) is 5.91 Å². The molecule has 0 bridgehead atoms. The topological polar surface area (TPSA) is 125 Å². The van der Waals surface area contributed by atoms with E-state index in [2.05, 4.69) is 20.0 Å². The van der Waals surface area contributed by atoms with Crippen molar-refractivity contribution in [3.05, 3.63) is 71.2 Å². The maximum atomic E-state index is 13.0. The van der Waals surface area contributed by atoms with Gasteiger partial charge in [-0.2, -0.15) is 0 Å². The zero-order chi connectivity index (χ0) is 20.9. The van der Waals surface area contributed by atoms with Crippen LogP contribution in [0.3, 0.4) is 0 Å². The molecule has 1 amide bonds. The van der Waals surface area contributed by atoms with Crippen molar-refractivity contribution in [3.63, 3.8) is 0 Å². The molecule has 2 heterocycles. The van der Waals surface area contributed by atoms with E-state index >= 15 is 0 Å². The van der Waals surface area contributed by atoms with E-state index in [9.17, 15) is 18.0 Å². The van der Waals surface area contributed by atoms with E-state index < -0.39 is 21.7 Å². The van der Waals surface area contributed by atoms with E-state index in [4.69, 9.17) is 0 Å². The number of H-pyrrole nitrogens is 1. The number of rotatable bonds is 4. The first-order valence-electron chi connectivity index (χ1n) is 8.94. The Labute approximate surface area is 170 Å². The number of carbonyl (C=O) groups excluding carboxylic acids is 1.